The lowest BCUT2D eigenvalue weighted by molar-refractivity contribution is 0.475. The summed E-state index contributed by atoms with van der Waals surface area (Å²) in [5, 5.41) is 25.2. The fraction of sp³-hybridized carbons (Fsp3) is 0.118. The van der Waals surface area contributed by atoms with Crippen LogP contribution in [0.1, 0.15) is 24.2 Å². The van der Waals surface area contributed by atoms with Crippen molar-refractivity contribution in [3.63, 3.8) is 0 Å². The van der Waals surface area contributed by atoms with Crippen LogP contribution in [0.5, 0.6) is 5.75 Å². The summed E-state index contributed by atoms with van der Waals surface area (Å²) in [5.74, 6) is -1.22. The number of phenols is 1. The highest BCUT2D eigenvalue weighted by Crippen LogP contribution is 2.29. The second kappa shape index (κ2) is 6.34. The van der Waals surface area contributed by atoms with E-state index in [0.29, 0.717) is 15.9 Å². The van der Waals surface area contributed by atoms with Gasteiger partial charge in [0, 0.05) is 5.92 Å². The lowest BCUT2D eigenvalue weighted by atomic mass is 10.0. The van der Waals surface area contributed by atoms with E-state index in [-0.39, 0.29) is 17.4 Å². The van der Waals surface area contributed by atoms with Crippen molar-refractivity contribution in [1.82, 2.24) is 19.8 Å². The molecule has 26 heavy (non-hydrogen) atoms. The molecule has 0 spiro atoms. The summed E-state index contributed by atoms with van der Waals surface area (Å²) in [7, 11) is 0. The fourth-order valence-corrected chi connectivity index (χ4v) is 3.34. The zero-order valence-electron chi connectivity index (χ0n) is 13.5. The third kappa shape index (κ3) is 2.86. The van der Waals surface area contributed by atoms with E-state index in [1.54, 1.807) is 28.8 Å². The van der Waals surface area contributed by atoms with Gasteiger partial charge in [-0.05, 0) is 29.8 Å². The van der Waals surface area contributed by atoms with Crippen LogP contribution >= 0.6 is 11.3 Å². The number of hydrogen-bond donors (Lipinski definition) is 2. The van der Waals surface area contributed by atoms with Gasteiger partial charge in [0.1, 0.15) is 5.75 Å². The summed E-state index contributed by atoms with van der Waals surface area (Å²) in [5.41, 5.74) is 0.943. The Morgan fingerprint density at radius 2 is 1.88 bits per heavy atom. The number of phenolic OH excluding ortho intramolecular Hbond substituents is 1. The maximum absolute atomic E-state index is 13.8. The van der Waals surface area contributed by atoms with Crippen LogP contribution in [0.2, 0.25) is 0 Å². The number of hydrogen-bond acceptors (Lipinski definition) is 6. The highest BCUT2D eigenvalue weighted by atomic mass is 32.1. The Morgan fingerprint density at radius 1 is 1.12 bits per heavy atom. The molecule has 2 N–H and O–H groups in total. The van der Waals surface area contributed by atoms with Crippen molar-refractivity contribution in [2.45, 2.75) is 12.8 Å². The normalized spacial score (nSPS) is 12.4. The molecule has 0 aliphatic heterocycles. The van der Waals surface area contributed by atoms with Gasteiger partial charge in [-0.25, -0.2) is 8.78 Å². The fourth-order valence-electron chi connectivity index (χ4n) is 2.58. The zero-order chi connectivity index (χ0) is 18.3. The van der Waals surface area contributed by atoms with Crippen molar-refractivity contribution >= 4 is 27.1 Å². The van der Waals surface area contributed by atoms with Crippen LogP contribution in [-0.4, -0.2) is 24.9 Å². The molecule has 9 heteroatoms. The maximum Gasteiger partial charge on any atom is 0.236 e. The molecule has 4 rings (SSSR count). The van der Waals surface area contributed by atoms with Crippen LogP contribution in [-0.2, 0) is 0 Å². The van der Waals surface area contributed by atoms with Crippen molar-refractivity contribution in [2.75, 3.05) is 5.32 Å². The summed E-state index contributed by atoms with van der Waals surface area (Å²) in [6.07, 6.45) is 0. The number of aromatic hydroxyl groups is 1. The second-order valence-corrected chi connectivity index (χ2v) is 6.66. The Morgan fingerprint density at radius 3 is 2.65 bits per heavy atom. The number of rotatable bonds is 4. The van der Waals surface area contributed by atoms with Gasteiger partial charge in [0.25, 0.3) is 0 Å². The molecular formula is C17H13F2N5OS. The Labute approximate surface area is 150 Å². The third-order valence-electron chi connectivity index (χ3n) is 3.99. The average Bonchev–Trinajstić information content (AvgIpc) is 3.19. The van der Waals surface area contributed by atoms with Gasteiger partial charge < -0.3 is 10.4 Å². The van der Waals surface area contributed by atoms with E-state index >= 15 is 0 Å². The van der Waals surface area contributed by atoms with E-state index in [1.807, 2.05) is 6.92 Å². The van der Waals surface area contributed by atoms with E-state index in [1.165, 1.54) is 23.5 Å². The molecule has 0 bridgehead atoms. The van der Waals surface area contributed by atoms with E-state index in [9.17, 15) is 13.9 Å². The zero-order valence-corrected chi connectivity index (χ0v) is 14.3. The minimum absolute atomic E-state index is 0.00287. The number of nitrogens with one attached hydrogen (secondary N) is 1. The lowest BCUT2D eigenvalue weighted by Gasteiger charge is -2.08. The van der Waals surface area contributed by atoms with E-state index in [4.69, 9.17) is 0 Å². The van der Waals surface area contributed by atoms with Crippen LogP contribution in [0.3, 0.4) is 0 Å². The van der Waals surface area contributed by atoms with Gasteiger partial charge in [0.05, 0.1) is 5.69 Å². The van der Waals surface area contributed by atoms with Crippen molar-refractivity contribution in [1.29, 1.82) is 0 Å². The summed E-state index contributed by atoms with van der Waals surface area (Å²) >= 11 is 1.18. The van der Waals surface area contributed by atoms with E-state index in [0.717, 1.165) is 11.6 Å². The van der Waals surface area contributed by atoms with Crippen LogP contribution in [0.4, 0.5) is 19.6 Å². The molecule has 132 valence electrons. The molecule has 4 aromatic rings. The van der Waals surface area contributed by atoms with Gasteiger partial charge in [-0.3, -0.25) is 0 Å². The lowest BCUT2D eigenvalue weighted by Crippen LogP contribution is -2.04. The molecule has 2 heterocycles. The van der Waals surface area contributed by atoms with Crippen molar-refractivity contribution in [3.8, 4) is 5.75 Å². The molecule has 0 saturated heterocycles. The largest absolute Gasteiger partial charge is 0.508 e. The topological polar surface area (TPSA) is 75.3 Å². The quantitative estimate of drug-likeness (QED) is 0.564. The smallest absolute Gasteiger partial charge is 0.236 e. The predicted octanol–water partition coefficient (Wildman–Crippen LogP) is 4.07. The second-order valence-electron chi connectivity index (χ2n) is 5.70. The number of nitrogens with zero attached hydrogens (tertiary/aromatic N) is 4. The highest BCUT2D eigenvalue weighted by Gasteiger charge is 2.19. The standard InChI is InChI=1S/C17H13F2N5OS/c1-9(10-5-7-11(25)8-6-10)15-21-22-17-24(15)23-16(26-17)20-13-4-2-3-12(18)14(13)19/h2-9,25H,1H3,(H,20,23). The van der Waals surface area contributed by atoms with E-state index in [2.05, 4.69) is 20.6 Å². The van der Waals surface area contributed by atoms with Gasteiger partial charge in [-0.1, -0.05) is 36.5 Å². The predicted molar refractivity (Wildman–Crippen MR) is 93.9 cm³/mol. The number of anilines is 2. The Kier molecular flexibility index (Phi) is 4.00. The van der Waals surface area contributed by atoms with Gasteiger partial charge in [0.2, 0.25) is 10.1 Å². The van der Waals surface area contributed by atoms with Gasteiger partial charge >= 0.3 is 0 Å². The van der Waals surface area contributed by atoms with Gasteiger partial charge in [0.15, 0.2) is 17.5 Å². The first-order chi connectivity index (χ1) is 12.5. The first-order valence-corrected chi connectivity index (χ1v) is 8.56. The minimum Gasteiger partial charge on any atom is -0.508 e. The molecule has 0 amide bonds. The number of halogens is 2. The molecule has 0 radical (unpaired) electrons. The Bertz CT molecular complexity index is 1080. The summed E-state index contributed by atoms with van der Waals surface area (Å²) in [4.78, 5) is 0.532. The molecule has 6 nitrogen and oxygen atoms in total. The number of fused-ring (bicyclic) bond motifs is 1. The van der Waals surface area contributed by atoms with Crippen molar-refractivity contribution < 1.29 is 13.9 Å². The molecule has 0 saturated carbocycles. The van der Waals surface area contributed by atoms with E-state index < -0.39 is 11.6 Å². The van der Waals surface area contributed by atoms with Crippen LogP contribution in [0.25, 0.3) is 4.96 Å². The molecule has 1 atom stereocenters. The summed E-state index contributed by atoms with van der Waals surface area (Å²) < 4.78 is 28.7. The van der Waals surface area contributed by atoms with Crippen molar-refractivity contribution in [2.24, 2.45) is 0 Å². The number of benzene rings is 2. The Hall–Kier alpha value is -3.07. The summed E-state index contributed by atoms with van der Waals surface area (Å²) in [6, 6.07) is 10.7. The van der Waals surface area contributed by atoms with Gasteiger partial charge in [-0.15, -0.1) is 15.3 Å². The van der Waals surface area contributed by atoms with Crippen LogP contribution in [0, 0.1) is 11.6 Å². The molecule has 0 fully saturated rings. The minimum atomic E-state index is -0.962. The first kappa shape index (κ1) is 16.4. The number of aromatic nitrogens is 4. The molecule has 2 aromatic heterocycles. The SMILES string of the molecule is CC(c1ccc(O)cc1)c1nnc2sc(Nc3cccc(F)c3F)nn12. The molecule has 0 aliphatic carbocycles. The first-order valence-electron chi connectivity index (χ1n) is 7.75. The van der Waals surface area contributed by atoms with Crippen LogP contribution < -0.4 is 5.32 Å². The Balaban J connectivity index is 1.66. The molecule has 2 aromatic carbocycles. The van der Waals surface area contributed by atoms with Gasteiger partial charge in [-0.2, -0.15) is 4.52 Å². The summed E-state index contributed by atoms with van der Waals surface area (Å²) in [6.45, 7) is 1.95. The molecule has 1 unspecified atom stereocenters. The highest BCUT2D eigenvalue weighted by molar-refractivity contribution is 7.20. The molecule has 0 aliphatic rings. The maximum atomic E-state index is 13.8. The van der Waals surface area contributed by atoms with Crippen molar-refractivity contribution in [3.05, 3.63) is 65.5 Å². The molecular weight excluding hydrogens is 360 g/mol. The van der Waals surface area contributed by atoms with Crippen LogP contribution in [0.15, 0.2) is 42.5 Å². The monoisotopic (exact) mass is 373 g/mol. The third-order valence-corrected chi connectivity index (χ3v) is 4.80. The average molecular weight is 373 g/mol.